The maximum Gasteiger partial charge on any atom is 0.265 e. The van der Waals surface area contributed by atoms with Crippen LogP contribution in [0.2, 0.25) is 0 Å². The summed E-state index contributed by atoms with van der Waals surface area (Å²) < 4.78 is 31.8. The first-order valence-electron chi connectivity index (χ1n) is 6.60. The Kier molecular flexibility index (Phi) is 3.18. The molecule has 0 aliphatic carbocycles. The largest absolute Gasteiger partial charge is 0.479 e. The average Bonchev–Trinajstić information content (AvgIpc) is 2.94. The number of carbonyl (C=O) groups is 1. The molecule has 0 spiro atoms. The van der Waals surface area contributed by atoms with Gasteiger partial charge in [0.2, 0.25) is 10.0 Å². The maximum atomic E-state index is 12.4. The van der Waals surface area contributed by atoms with Gasteiger partial charge in [0.1, 0.15) is 5.75 Å². The Morgan fingerprint density at radius 2 is 2.00 bits per heavy atom. The van der Waals surface area contributed by atoms with E-state index in [4.69, 9.17) is 4.74 Å². The molecule has 0 aromatic heterocycles. The SMILES string of the molecule is CC1Oc2cc(S(=O)(=O)N3CCCC3)ccc2NC1=O. The first-order valence-corrected chi connectivity index (χ1v) is 8.04. The number of carbonyl (C=O) groups excluding carboxylic acids is 1. The van der Waals surface area contributed by atoms with Crippen LogP contribution in [-0.4, -0.2) is 37.8 Å². The lowest BCUT2D eigenvalue weighted by Crippen LogP contribution is -2.34. The molecule has 2 heterocycles. The van der Waals surface area contributed by atoms with Gasteiger partial charge >= 0.3 is 0 Å². The Balaban J connectivity index is 1.96. The van der Waals surface area contributed by atoms with E-state index in [0.717, 1.165) is 12.8 Å². The van der Waals surface area contributed by atoms with E-state index in [-0.39, 0.29) is 10.8 Å². The number of amides is 1. The molecule has 1 saturated heterocycles. The molecule has 2 aliphatic heterocycles. The van der Waals surface area contributed by atoms with Gasteiger partial charge in [-0.3, -0.25) is 4.79 Å². The van der Waals surface area contributed by atoms with Crippen molar-refractivity contribution in [1.82, 2.24) is 4.31 Å². The number of hydrogen-bond acceptors (Lipinski definition) is 4. The van der Waals surface area contributed by atoms with Gasteiger partial charge in [-0.15, -0.1) is 0 Å². The molecule has 2 aliphatic rings. The van der Waals surface area contributed by atoms with E-state index in [2.05, 4.69) is 5.32 Å². The molecule has 1 fully saturated rings. The van der Waals surface area contributed by atoms with Crippen LogP contribution in [-0.2, 0) is 14.8 Å². The van der Waals surface area contributed by atoms with E-state index < -0.39 is 16.1 Å². The van der Waals surface area contributed by atoms with E-state index in [0.29, 0.717) is 24.5 Å². The fourth-order valence-corrected chi connectivity index (χ4v) is 3.95. The normalized spacial score (nSPS) is 23.1. The Hall–Kier alpha value is -1.60. The number of benzene rings is 1. The van der Waals surface area contributed by atoms with Crippen molar-refractivity contribution < 1.29 is 17.9 Å². The van der Waals surface area contributed by atoms with Crippen LogP contribution in [0.5, 0.6) is 5.75 Å². The van der Waals surface area contributed by atoms with Crippen LogP contribution >= 0.6 is 0 Å². The summed E-state index contributed by atoms with van der Waals surface area (Å²) in [5, 5.41) is 2.69. The topological polar surface area (TPSA) is 75.7 Å². The highest BCUT2D eigenvalue weighted by molar-refractivity contribution is 7.89. The molecule has 6 nitrogen and oxygen atoms in total. The van der Waals surface area contributed by atoms with Crippen molar-refractivity contribution in [3.63, 3.8) is 0 Å². The van der Waals surface area contributed by atoms with E-state index >= 15 is 0 Å². The number of sulfonamides is 1. The summed E-state index contributed by atoms with van der Waals surface area (Å²) in [5.41, 5.74) is 0.508. The van der Waals surface area contributed by atoms with Crippen LogP contribution in [0.15, 0.2) is 23.1 Å². The molecule has 20 heavy (non-hydrogen) atoms. The van der Waals surface area contributed by atoms with Gasteiger partial charge in [0, 0.05) is 19.2 Å². The smallest absolute Gasteiger partial charge is 0.265 e. The summed E-state index contributed by atoms with van der Waals surface area (Å²) in [7, 11) is -3.46. The van der Waals surface area contributed by atoms with Gasteiger partial charge in [-0.2, -0.15) is 4.31 Å². The molecular weight excluding hydrogens is 280 g/mol. The second-order valence-corrected chi connectivity index (χ2v) is 6.96. The molecule has 3 rings (SSSR count). The Bertz CT molecular complexity index is 650. The summed E-state index contributed by atoms with van der Waals surface area (Å²) in [4.78, 5) is 11.7. The van der Waals surface area contributed by atoms with Crippen LogP contribution in [0.1, 0.15) is 19.8 Å². The van der Waals surface area contributed by atoms with Crippen LogP contribution < -0.4 is 10.1 Å². The van der Waals surface area contributed by atoms with E-state index in [1.165, 1.54) is 16.4 Å². The Labute approximate surface area is 117 Å². The van der Waals surface area contributed by atoms with Gasteiger partial charge in [0.05, 0.1) is 10.6 Å². The fraction of sp³-hybridized carbons (Fsp3) is 0.462. The maximum absolute atomic E-state index is 12.4. The Morgan fingerprint density at radius 3 is 2.70 bits per heavy atom. The predicted octanol–water partition coefficient (Wildman–Crippen LogP) is 1.19. The zero-order valence-corrected chi connectivity index (χ0v) is 11.9. The molecule has 0 saturated carbocycles. The van der Waals surface area contributed by atoms with E-state index in [1.54, 1.807) is 13.0 Å². The molecule has 1 N–H and O–H groups in total. The zero-order valence-electron chi connectivity index (χ0n) is 11.1. The highest BCUT2D eigenvalue weighted by atomic mass is 32.2. The quantitative estimate of drug-likeness (QED) is 0.889. The highest BCUT2D eigenvalue weighted by Gasteiger charge is 2.30. The lowest BCUT2D eigenvalue weighted by atomic mass is 10.2. The molecule has 1 amide bonds. The van der Waals surface area contributed by atoms with Crippen molar-refractivity contribution in [2.24, 2.45) is 0 Å². The van der Waals surface area contributed by atoms with Gasteiger partial charge in [-0.1, -0.05) is 0 Å². The standard InChI is InChI=1S/C13H16N2O4S/c1-9-13(16)14-11-5-4-10(8-12(11)19-9)20(17,18)15-6-2-3-7-15/h4-5,8-9H,2-3,6-7H2,1H3,(H,14,16). The van der Waals surface area contributed by atoms with Crippen molar-refractivity contribution in [3.8, 4) is 5.75 Å². The number of rotatable bonds is 2. The first kappa shape index (κ1) is 13.4. The first-order chi connectivity index (χ1) is 9.48. The van der Waals surface area contributed by atoms with Gasteiger partial charge in [-0.25, -0.2) is 8.42 Å². The number of nitrogens with zero attached hydrogens (tertiary/aromatic N) is 1. The number of hydrogen-bond donors (Lipinski definition) is 1. The molecule has 1 aromatic carbocycles. The number of ether oxygens (including phenoxy) is 1. The summed E-state index contributed by atoms with van der Waals surface area (Å²) in [6.07, 6.45) is 1.17. The fourth-order valence-electron chi connectivity index (χ4n) is 2.42. The summed E-state index contributed by atoms with van der Waals surface area (Å²) in [5.74, 6) is 0.171. The molecule has 1 unspecified atom stereocenters. The molecule has 0 bridgehead atoms. The highest BCUT2D eigenvalue weighted by Crippen LogP contribution is 2.33. The minimum Gasteiger partial charge on any atom is -0.479 e. The third kappa shape index (κ3) is 2.16. The van der Waals surface area contributed by atoms with Gasteiger partial charge in [0.25, 0.3) is 5.91 Å². The monoisotopic (exact) mass is 296 g/mol. The van der Waals surface area contributed by atoms with Crippen molar-refractivity contribution in [2.75, 3.05) is 18.4 Å². The minimum atomic E-state index is -3.46. The third-order valence-electron chi connectivity index (χ3n) is 3.59. The number of nitrogens with one attached hydrogen (secondary N) is 1. The summed E-state index contributed by atoms with van der Waals surface area (Å²) in [6, 6.07) is 4.56. The van der Waals surface area contributed by atoms with Crippen molar-refractivity contribution in [3.05, 3.63) is 18.2 Å². The predicted molar refractivity (Wildman–Crippen MR) is 73.2 cm³/mol. The summed E-state index contributed by atoms with van der Waals surface area (Å²) in [6.45, 7) is 2.75. The summed E-state index contributed by atoms with van der Waals surface area (Å²) >= 11 is 0. The lowest BCUT2D eigenvalue weighted by Gasteiger charge is -2.24. The van der Waals surface area contributed by atoms with Crippen LogP contribution in [0, 0.1) is 0 Å². The van der Waals surface area contributed by atoms with Gasteiger partial charge in [-0.05, 0) is 31.9 Å². The van der Waals surface area contributed by atoms with E-state index in [9.17, 15) is 13.2 Å². The van der Waals surface area contributed by atoms with Crippen LogP contribution in [0.3, 0.4) is 0 Å². The molecule has 0 radical (unpaired) electrons. The molecule has 1 aromatic rings. The van der Waals surface area contributed by atoms with Crippen molar-refractivity contribution >= 4 is 21.6 Å². The Morgan fingerprint density at radius 1 is 1.30 bits per heavy atom. The number of fused-ring (bicyclic) bond motifs is 1. The molecule has 108 valence electrons. The minimum absolute atomic E-state index is 0.210. The second kappa shape index (κ2) is 4.75. The lowest BCUT2D eigenvalue weighted by molar-refractivity contribution is -0.122. The zero-order chi connectivity index (χ0) is 14.3. The van der Waals surface area contributed by atoms with E-state index in [1.807, 2.05) is 0 Å². The molecule has 7 heteroatoms. The van der Waals surface area contributed by atoms with Crippen molar-refractivity contribution in [1.29, 1.82) is 0 Å². The van der Waals surface area contributed by atoms with Crippen molar-refractivity contribution in [2.45, 2.75) is 30.8 Å². The van der Waals surface area contributed by atoms with Crippen LogP contribution in [0.25, 0.3) is 0 Å². The van der Waals surface area contributed by atoms with Gasteiger partial charge in [0.15, 0.2) is 6.10 Å². The third-order valence-corrected chi connectivity index (χ3v) is 5.48. The molecular formula is C13H16N2O4S. The average molecular weight is 296 g/mol. The second-order valence-electron chi connectivity index (χ2n) is 5.02. The van der Waals surface area contributed by atoms with Gasteiger partial charge < -0.3 is 10.1 Å². The molecule has 1 atom stereocenters. The van der Waals surface area contributed by atoms with Crippen LogP contribution in [0.4, 0.5) is 5.69 Å². The number of anilines is 1.